The first kappa shape index (κ1) is 16.0. The fraction of sp³-hybridized carbons (Fsp3) is 0.562. The Morgan fingerprint density at radius 3 is 2.16 bits per heavy atom. The highest BCUT2D eigenvalue weighted by Gasteiger charge is 2.28. The van der Waals surface area contributed by atoms with Gasteiger partial charge in [0.25, 0.3) is 0 Å². The minimum Gasteiger partial charge on any atom is -0.493 e. The molecule has 1 aromatic rings. The van der Waals surface area contributed by atoms with Crippen LogP contribution in [0.5, 0.6) is 5.75 Å². The summed E-state index contributed by atoms with van der Waals surface area (Å²) in [5.74, 6) is 0.844. The van der Waals surface area contributed by atoms with Gasteiger partial charge in [-0.05, 0) is 37.1 Å². The molecule has 1 aromatic carbocycles. The van der Waals surface area contributed by atoms with Gasteiger partial charge in [0.1, 0.15) is 5.75 Å². The summed E-state index contributed by atoms with van der Waals surface area (Å²) in [5, 5.41) is 9.74. The Morgan fingerprint density at radius 2 is 1.74 bits per heavy atom. The van der Waals surface area contributed by atoms with E-state index in [0.717, 1.165) is 17.7 Å². The monoisotopic (exact) mass is 323 g/mol. The van der Waals surface area contributed by atoms with Crippen molar-refractivity contribution in [3.05, 3.63) is 29.8 Å². The maximum absolute atomic E-state index is 8.77. The van der Waals surface area contributed by atoms with Crippen molar-refractivity contribution in [2.75, 3.05) is 11.9 Å². The summed E-state index contributed by atoms with van der Waals surface area (Å²) in [6.45, 7) is 5.16. The molecular formula is C16H22BrNO. The van der Waals surface area contributed by atoms with Gasteiger partial charge in [-0.25, -0.2) is 0 Å². The normalized spacial score (nSPS) is 11.1. The zero-order chi connectivity index (χ0) is 14.1. The maximum Gasteiger partial charge on any atom is 0.119 e. The van der Waals surface area contributed by atoms with Crippen molar-refractivity contribution in [2.24, 2.45) is 5.41 Å². The molecule has 104 valence electrons. The van der Waals surface area contributed by atoms with Crippen molar-refractivity contribution >= 4 is 15.9 Å². The van der Waals surface area contributed by atoms with E-state index in [1.54, 1.807) is 12.1 Å². The van der Waals surface area contributed by atoms with Gasteiger partial charge in [0, 0.05) is 10.7 Å². The molecule has 0 N–H and O–H groups in total. The van der Waals surface area contributed by atoms with Crippen LogP contribution in [0.1, 0.15) is 45.1 Å². The van der Waals surface area contributed by atoms with Gasteiger partial charge in [0.15, 0.2) is 0 Å². The summed E-state index contributed by atoms with van der Waals surface area (Å²) in [6, 6.07) is 9.45. The Balaban J connectivity index is 2.66. The summed E-state index contributed by atoms with van der Waals surface area (Å²) in [4.78, 5) is 0. The van der Waals surface area contributed by atoms with Crippen molar-refractivity contribution in [1.82, 2.24) is 0 Å². The summed E-state index contributed by atoms with van der Waals surface area (Å²) in [6.07, 6.45) is 4.68. The molecular weight excluding hydrogens is 302 g/mol. The van der Waals surface area contributed by atoms with Gasteiger partial charge in [-0.2, -0.15) is 5.26 Å². The number of hydrogen-bond donors (Lipinski definition) is 0. The fourth-order valence-corrected chi connectivity index (χ4v) is 3.09. The number of ether oxygens (including phenoxy) is 1. The Kier molecular flexibility index (Phi) is 6.94. The minimum atomic E-state index is 0.220. The number of nitrogens with zero attached hydrogens (tertiary/aromatic N) is 1. The van der Waals surface area contributed by atoms with Crippen LogP contribution < -0.4 is 4.74 Å². The third kappa shape index (κ3) is 4.87. The van der Waals surface area contributed by atoms with Crippen LogP contribution in [0.2, 0.25) is 0 Å². The van der Waals surface area contributed by atoms with Crippen LogP contribution in [0.3, 0.4) is 0 Å². The molecule has 0 atom stereocenters. The number of benzene rings is 1. The van der Waals surface area contributed by atoms with E-state index >= 15 is 0 Å². The fourth-order valence-electron chi connectivity index (χ4n) is 2.36. The SMILES string of the molecule is CCCC(CBr)(CCC)COc1ccc(C#N)cc1. The predicted octanol–water partition coefficient (Wildman–Crippen LogP) is 4.92. The number of hydrogen-bond acceptors (Lipinski definition) is 2. The van der Waals surface area contributed by atoms with E-state index in [2.05, 4.69) is 35.8 Å². The van der Waals surface area contributed by atoms with Gasteiger partial charge in [0.05, 0.1) is 18.2 Å². The van der Waals surface area contributed by atoms with Gasteiger partial charge >= 0.3 is 0 Å². The van der Waals surface area contributed by atoms with Crippen LogP contribution in [0.4, 0.5) is 0 Å². The molecule has 0 fully saturated rings. The van der Waals surface area contributed by atoms with E-state index < -0.39 is 0 Å². The Hall–Kier alpha value is -1.01. The molecule has 0 spiro atoms. The third-order valence-electron chi connectivity index (χ3n) is 3.37. The van der Waals surface area contributed by atoms with E-state index in [-0.39, 0.29) is 5.41 Å². The molecule has 2 nitrogen and oxygen atoms in total. The van der Waals surface area contributed by atoms with E-state index in [4.69, 9.17) is 10.00 Å². The van der Waals surface area contributed by atoms with Gasteiger partial charge in [-0.3, -0.25) is 0 Å². The highest BCUT2D eigenvalue weighted by atomic mass is 79.9. The first-order valence-corrected chi connectivity index (χ1v) is 8.00. The Morgan fingerprint density at radius 1 is 1.16 bits per heavy atom. The molecule has 3 heteroatoms. The summed E-state index contributed by atoms with van der Waals surface area (Å²) < 4.78 is 5.93. The van der Waals surface area contributed by atoms with E-state index in [9.17, 15) is 0 Å². The molecule has 1 rings (SSSR count). The van der Waals surface area contributed by atoms with E-state index in [1.807, 2.05) is 12.1 Å². The molecule has 0 aliphatic carbocycles. The van der Waals surface area contributed by atoms with Gasteiger partial charge < -0.3 is 4.74 Å². The Bertz CT molecular complexity index is 402. The second-order valence-corrected chi connectivity index (χ2v) is 5.62. The second-order valence-electron chi connectivity index (χ2n) is 5.06. The lowest BCUT2D eigenvalue weighted by Crippen LogP contribution is -2.30. The zero-order valence-electron chi connectivity index (χ0n) is 11.8. The molecule has 0 aliphatic rings. The molecule has 0 bridgehead atoms. The van der Waals surface area contributed by atoms with Crippen LogP contribution in [0.15, 0.2) is 24.3 Å². The van der Waals surface area contributed by atoms with Gasteiger partial charge in [0.2, 0.25) is 0 Å². The van der Waals surface area contributed by atoms with Crippen LogP contribution in [-0.2, 0) is 0 Å². The second kappa shape index (κ2) is 8.22. The molecule has 0 heterocycles. The van der Waals surface area contributed by atoms with Crippen LogP contribution >= 0.6 is 15.9 Å². The zero-order valence-corrected chi connectivity index (χ0v) is 13.4. The Labute approximate surface area is 124 Å². The average molecular weight is 324 g/mol. The molecule has 0 amide bonds. The van der Waals surface area contributed by atoms with Crippen LogP contribution in [-0.4, -0.2) is 11.9 Å². The number of rotatable bonds is 8. The largest absolute Gasteiger partial charge is 0.493 e. The molecule has 0 aliphatic heterocycles. The highest BCUT2D eigenvalue weighted by Crippen LogP contribution is 2.33. The maximum atomic E-state index is 8.77. The molecule has 0 aromatic heterocycles. The van der Waals surface area contributed by atoms with Crippen molar-refractivity contribution in [1.29, 1.82) is 5.26 Å². The standard InChI is InChI=1S/C16H22BrNO/c1-3-9-16(12-17,10-4-2)13-19-15-7-5-14(11-18)6-8-15/h5-8H,3-4,9-10,12-13H2,1-2H3. The minimum absolute atomic E-state index is 0.220. The smallest absolute Gasteiger partial charge is 0.119 e. The first-order chi connectivity index (χ1) is 9.19. The predicted molar refractivity (Wildman–Crippen MR) is 82.7 cm³/mol. The summed E-state index contributed by atoms with van der Waals surface area (Å²) >= 11 is 3.65. The molecule has 0 saturated carbocycles. The van der Waals surface area contributed by atoms with Crippen molar-refractivity contribution < 1.29 is 4.74 Å². The van der Waals surface area contributed by atoms with Crippen molar-refractivity contribution in [3.63, 3.8) is 0 Å². The van der Waals surface area contributed by atoms with Gasteiger partial charge in [-0.1, -0.05) is 42.6 Å². The lowest BCUT2D eigenvalue weighted by Gasteiger charge is -2.31. The first-order valence-electron chi connectivity index (χ1n) is 6.88. The number of halogens is 1. The van der Waals surface area contributed by atoms with E-state index in [0.29, 0.717) is 5.56 Å². The topological polar surface area (TPSA) is 33.0 Å². The van der Waals surface area contributed by atoms with Crippen LogP contribution in [0.25, 0.3) is 0 Å². The van der Waals surface area contributed by atoms with Gasteiger partial charge in [-0.15, -0.1) is 0 Å². The average Bonchev–Trinajstić information content (AvgIpc) is 2.46. The lowest BCUT2D eigenvalue weighted by atomic mass is 9.82. The van der Waals surface area contributed by atoms with Crippen molar-refractivity contribution in [2.45, 2.75) is 39.5 Å². The number of nitriles is 1. The third-order valence-corrected chi connectivity index (χ3v) is 4.56. The van der Waals surface area contributed by atoms with Crippen LogP contribution in [0, 0.1) is 16.7 Å². The summed E-state index contributed by atoms with van der Waals surface area (Å²) in [7, 11) is 0. The molecule has 0 radical (unpaired) electrons. The molecule has 0 saturated heterocycles. The quantitative estimate of drug-likeness (QED) is 0.636. The molecule has 0 unspecified atom stereocenters. The number of alkyl halides is 1. The van der Waals surface area contributed by atoms with E-state index in [1.165, 1.54) is 25.7 Å². The van der Waals surface area contributed by atoms with Crippen molar-refractivity contribution in [3.8, 4) is 11.8 Å². The highest BCUT2D eigenvalue weighted by molar-refractivity contribution is 9.09. The lowest BCUT2D eigenvalue weighted by molar-refractivity contribution is 0.144. The molecule has 19 heavy (non-hydrogen) atoms. The summed E-state index contributed by atoms with van der Waals surface area (Å²) in [5.41, 5.74) is 0.887.